The largest absolute Gasteiger partial charge is 1.00 e. The minimum absolute atomic E-state index is 0. The van der Waals surface area contributed by atoms with E-state index in [9.17, 15) is 4.79 Å². The Kier molecular flexibility index (Phi) is 22.3. The Morgan fingerprint density at radius 3 is 1.86 bits per heavy atom. The standard InChI is InChI=1S/CH3BrN2O.BrH.Li/c2-4-1(3)5;;/h(H3,3,4,5);1H;/q;;+1/p-1. The molecule has 0 saturated heterocycles. The Morgan fingerprint density at radius 2 is 1.86 bits per heavy atom. The van der Waals surface area contributed by atoms with Crippen LogP contribution in [0, 0.1) is 0 Å². The molecule has 0 unspecified atom stereocenters. The van der Waals surface area contributed by atoms with Crippen LogP contribution in [0.25, 0.3) is 0 Å². The molecule has 0 radical (unpaired) electrons. The van der Waals surface area contributed by atoms with Crippen molar-refractivity contribution in [2.45, 2.75) is 0 Å². The molecule has 0 fully saturated rings. The second-order valence-electron chi connectivity index (χ2n) is 0.459. The van der Waals surface area contributed by atoms with E-state index < -0.39 is 6.03 Å². The van der Waals surface area contributed by atoms with E-state index in [1.54, 1.807) is 0 Å². The molecular weight excluding hydrogens is 223 g/mol. The number of primary amides is 1. The van der Waals surface area contributed by atoms with Crippen LogP contribution in [0.3, 0.4) is 0 Å². The van der Waals surface area contributed by atoms with E-state index in [1.807, 2.05) is 4.34 Å². The van der Waals surface area contributed by atoms with Gasteiger partial charge in [0.1, 0.15) is 0 Å². The molecule has 7 heavy (non-hydrogen) atoms. The summed E-state index contributed by atoms with van der Waals surface area (Å²) < 4.78 is 1.98. The molecule has 6 heteroatoms. The van der Waals surface area contributed by atoms with Gasteiger partial charge in [0.05, 0.1) is 16.1 Å². The van der Waals surface area contributed by atoms with Crippen LogP contribution in [0.5, 0.6) is 0 Å². The van der Waals surface area contributed by atoms with Crippen LogP contribution in [0.1, 0.15) is 0 Å². The molecule has 0 spiro atoms. The molecule has 0 heterocycles. The molecule has 38 valence electrons. The number of halogens is 2. The molecule has 0 aliphatic heterocycles. The summed E-state index contributed by atoms with van der Waals surface area (Å²) in [5.74, 6) is 0. The number of carbonyl (C=O) groups is 1. The Labute approximate surface area is 72.7 Å². The van der Waals surface area contributed by atoms with Crippen molar-refractivity contribution in [3.05, 3.63) is 0 Å². The second kappa shape index (κ2) is 9.95. The SMILES string of the molecule is NC(=O)NBr.[Br-].[Li+]. The predicted molar refractivity (Wildman–Crippen MR) is 21.6 cm³/mol. The van der Waals surface area contributed by atoms with Gasteiger partial charge in [0.15, 0.2) is 0 Å². The monoisotopic (exact) mass is 224 g/mol. The number of hydrogen-bond acceptors (Lipinski definition) is 1. The summed E-state index contributed by atoms with van der Waals surface area (Å²) in [5, 5.41) is 0. The quantitative estimate of drug-likeness (QED) is 0.313. The molecule has 3 nitrogen and oxygen atoms in total. The second-order valence-corrected chi connectivity index (χ2v) is 0.855. The number of nitrogens with two attached hydrogens (primary N) is 1. The predicted octanol–water partition coefficient (Wildman–Crippen LogP) is -6.03. The molecule has 0 aliphatic rings. The van der Waals surface area contributed by atoms with Crippen LogP contribution in [0.4, 0.5) is 4.79 Å². The summed E-state index contributed by atoms with van der Waals surface area (Å²) in [5.41, 5.74) is 4.49. The number of rotatable bonds is 0. The molecule has 3 N–H and O–H groups in total. The van der Waals surface area contributed by atoms with Crippen LogP contribution >= 0.6 is 16.1 Å². The van der Waals surface area contributed by atoms with Crippen molar-refractivity contribution in [3.8, 4) is 0 Å². The number of amides is 2. The fraction of sp³-hybridized carbons (Fsp3) is 0. The molecule has 0 aromatic rings. The van der Waals surface area contributed by atoms with E-state index in [0.29, 0.717) is 0 Å². The summed E-state index contributed by atoms with van der Waals surface area (Å²) in [7, 11) is 0. The Morgan fingerprint density at radius 1 is 1.71 bits per heavy atom. The van der Waals surface area contributed by atoms with Crippen molar-refractivity contribution in [3.63, 3.8) is 0 Å². The van der Waals surface area contributed by atoms with Crippen molar-refractivity contribution in [1.82, 2.24) is 4.34 Å². The number of urea groups is 1. The van der Waals surface area contributed by atoms with E-state index in [0.717, 1.165) is 0 Å². The van der Waals surface area contributed by atoms with Crippen LogP contribution < -0.4 is 45.9 Å². The van der Waals surface area contributed by atoms with Crippen molar-refractivity contribution in [1.29, 1.82) is 0 Å². The van der Waals surface area contributed by atoms with Gasteiger partial charge >= 0.3 is 24.9 Å². The van der Waals surface area contributed by atoms with Crippen molar-refractivity contribution >= 4 is 22.2 Å². The van der Waals surface area contributed by atoms with Gasteiger partial charge in [0, 0.05) is 0 Å². The van der Waals surface area contributed by atoms with Crippen molar-refractivity contribution < 1.29 is 40.6 Å². The van der Waals surface area contributed by atoms with Gasteiger partial charge in [-0.1, -0.05) is 0 Å². The Hall–Kier alpha value is 0.827. The van der Waals surface area contributed by atoms with E-state index in [4.69, 9.17) is 0 Å². The topological polar surface area (TPSA) is 55.1 Å². The summed E-state index contributed by atoms with van der Waals surface area (Å²) in [4.78, 5) is 9.43. The Bertz CT molecular complexity index is 51.0. The van der Waals surface area contributed by atoms with Gasteiger partial charge in [-0.3, -0.25) is 4.34 Å². The van der Waals surface area contributed by atoms with E-state index in [2.05, 4.69) is 21.9 Å². The normalized spacial score (nSPS) is 4.71. The average molecular weight is 226 g/mol. The first-order valence-electron chi connectivity index (χ1n) is 0.932. The first-order chi connectivity index (χ1) is 2.27. The van der Waals surface area contributed by atoms with Gasteiger partial charge in [-0.05, 0) is 0 Å². The van der Waals surface area contributed by atoms with Crippen molar-refractivity contribution in [2.75, 3.05) is 0 Å². The van der Waals surface area contributed by atoms with Crippen LogP contribution in [0.2, 0.25) is 0 Å². The first kappa shape index (κ1) is 15.7. The maximum Gasteiger partial charge on any atom is 1.00 e. The smallest absolute Gasteiger partial charge is 1.00 e. The zero-order valence-corrected chi connectivity index (χ0v) is 6.91. The molecule has 0 rings (SSSR count). The first-order valence-corrected chi connectivity index (χ1v) is 1.72. The van der Waals surface area contributed by atoms with Gasteiger partial charge in [-0.15, -0.1) is 0 Å². The summed E-state index contributed by atoms with van der Waals surface area (Å²) in [6.45, 7) is 0. The Balaban J connectivity index is -0.0000000800. The zero-order valence-electron chi connectivity index (χ0n) is 3.74. The maximum absolute atomic E-state index is 9.43. The molecule has 0 atom stereocenters. The fourth-order valence-corrected chi connectivity index (χ4v) is 0. The van der Waals surface area contributed by atoms with Crippen LogP contribution in [0.15, 0.2) is 0 Å². The summed E-state index contributed by atoms with van der Waals surface area (Å²) >= 11 is 2.59. The van der Waals surface area contributed by atoms with Gasteiger partial charge in [-0.2, -0.15) is 0 Å². The third-order valence-electron chi connectivity index (χ3n) is 0.0931. The van der Waals surface area contributed by atoms with Crippen molar-refractivity contribution in [2.24, 2.45) is 5.73 Å². The average Bonchev–Trinajstić information content (AvgIpc) is 1.38. The molecular formula is CH3Br2LiN2O. The third kappa shape index (κ3) is 19.9. The molecule has 0 aliphatic carbocycles. The fourth-order valence-electron chi connectivity index (χ4n) is 0. The van der Waals surface area contributed by atoms with E-state index in [-0.39, 0.29) is 35.8 Å². The maximum atomic E-state index is 9.43. The molecule has 0 aromatic carbocycles. The molecule has 0 aromatic heterocycles. The third-order valence-corrected chi connectivity index (χ3v) is 0.484. The van der Waals surface area contributed by atoms with Crippen LogP contribution in [-0.4, -0.2) is 6.03 Å². The number of carbonyl (C=O) groups excluding carboxylic acids is 1. The zero-order chi connectivity index (χ0) is 4.28. The molecule has 0 saturated carbocycles. The molecule has 0 bridgehead atoms. The van der Waals surface area contributed by atoms with Gasteiger partial charge in [0.2, 0.25) is 0 Å². The van der Waals surface area contributed by atoms with Crippen LogP contribution in [-0.2, 0) is 0 Å². The summed E-state index contributed by atoms with van der Waals surface area (Å²) in [6, 6.07) is -0.579. The number of nitrogens with one attached hydrogen (secondary N) is 1. The van der Waals surface area contributed by atoms with Gasteiger partial charge in [-0.25, -0.2) is 4.79 Å². The van der Waals surface area contributed by atoms with Gasteiger partial charge < -0.3 is 22.7 Å². The molecule has 2 amide bonds. The minimum atomic E-state index is -0.579. The van der Waals surface area contributed by atoms with E-state index in [1.165, 1.54) is 0 Å². The number of hydrogen-bond donors (Lipinski definition) is 2. The minimum Gasteiger partial charge on any atom is -1.00 e. The summed E-state index contributed by atoms with van der Waals surface area (Å²) in [6.07, 6.45) is 0. The van der Waals surface area contributed by atoms with E-state index >= 15 is 0 Å². The van der Waals surface area contributed by atoms with Gasteiger partial charge in [0.25, 0.3) is 0 Å².